The van der Waals surface area contributed by atoms with Crippen molar-refractivity contribution in [2.45, 2.75) is 12.5 Å². The SMILES string of the molecule is N[C@H](Cc1ccc2ccccc2n1)c1ccccc1. The van der Waals surface area contributed by atoms with Crippen molar-refractivity contribution < 1.29 is 0 Å². The molecule has 2 aromatic carbocycles. The zero-order valence-corrected chi connectivity index (χ0v) is 10.7. The van der Waals surface area contributed by atoms with Gasteiger partial charge in [-0.2, -0.15) is 0 Å². The van der Waals surface area contributed by atoms with Crippen LogP contribution in [0.2, 0.25) is 0 Å². The molecule has 0 aliphatic rings. The van der Waals surface area contributed by atoms with Gasteiger partial charge in [-0.1, -0.05) is 54.6 Å². The Morgan fingerprint density at radius 1 is 0.842 bits per heavy atom. The minimum absolute atomic E-state index is 0.00476. The molecule has 0 spiro atoms. The predicted molar refractivity (Wildman–Crippen MR) is 78.8 cm³/mol. The van der Waals surface area contributed by atoms with Crippen molar-refractivity contribution in [3.05, 3.63) is 78.0 Å². The lowest BCUT2D eigenvalue weighted by atomic mass is 10.0. The lowest BCUT2D eigenvalue weighted by molar-refractivity contribution is 0.709. The third-order valence-corrected chi connectivity index (χ3v) is 3.31. The Morgan fingerprint density at radius 2 is 1.58 bits per heavy atom. The van der Waals surface area contributed by atoms with Crippen LogP contribution in [0, 0.1) is 0 Å². The first-order chi connectivity index (χ1) is 9.33. The molecule has 1 aromatic heterocycles. The summed E-state index contributed by atoms with van der Waals surface area (Å²) in [5, 5.41) is 1.17. The maximum Gasteiger partial charge on any atom is 0.0705 e. The molecule has 0 aliphatic carbocycles. The first-order valence-corrected chi connectivity index (χ1v) is 6.48. The van der Waals surface area contributed by atoms with Crippen LogP contribution in [0.4, 0.5) is 0 Å². The first kappa shape index (κ1) is 11.9. The van der Waals surface area contributed by atoms with Crippen LogP contribution in [0.3, 0.4) is 0 Å². The van der Waals surface area contributed by atoms with Gasteiger partial charge >= 0.3 is 0 Å². The molecule has 0 unspecified atom stereocenters. The number of benzene rings is 2. The van der Waals surface area contributed by atoms with E-state index in [1.807, 2.05) is 36.4 Å². The van der Waals surface area contributed by atoms with Crippen molar-refractivity contribution in [3.63, 3.8) is 0 Å². The summed E-state index contributed by atoms with van der Waals surface area (Å²) >= 11 is 0. The molecule has 2 heteroatoms. The maximum absolute atomic E-state index is 6.23. The number of aromatic nitrogens is 1. The van der Waals surface area contributed by atoms with Crippen LogP contribution in [0.15, 0.2) is 66.7 Å². The molecule has 0 radical (unpaired) electrons. The molecule has 1 heterocycles. The first-order valence-electron chi connectivity index (χ1n) is 6.48. The largest absolute Gasteiger partial charge is 0.324 e. The van der Waals surface area contributed by atoms with Crippen molar-refractivity contribution in [1.82, 2.24) is 4.98 Å². The Hall–Kier alpha value is -2.19. The van der Waals surface area contributed by atoms with Gasteiger partial charge in [0.1, 0.15) is 0 Å². The summed E-state index contributed by atoms with van der Waals surface area (Å²) < 4.78 is 0. The standard InChI is InChI=1S/C17H16N2/c18-16(13-6-2-1-3-7-13)12-15-11-10-14-8-4-5-9-17(14)19-15/h1-11,16H,12,18H2/t16-/m1/s1. The zero-order chi connectivity index (χ0) is 13.1. The van der Waals surface area contributed by atoms with E-state index in [1.54, 1.807) is 0 Å². The summed E-state index contributed by atoms with van der Waals surface area (Å²) in [6.45, 7) is 0. The second-order valence-corrected chi connectivity index (χ2v) is 4.72. The third-order valence-electron chi connectivity index (χ3n) is 3.31. The Bertz CT molecular complexity index is 677. The van der Waals surface area contributed by atoms with E-state index in [9.17, 15) is 0 Å². The lowest BCUT2D eigenvalue weighted by Crippen LogP contribution is -2.13. The molecule has 1 atom stereocenters. The molecular weight excluding hydrogens is 232 g/mol. The van der Waals surface area contributed by atoms with Gasteiger partial charge in [-0.25, -0.2) is 0 Å². The number of nitrogens with zero attached hydrogens (tertiary/aromatic N) is 1. The summed E-state index contributed by atoms with van der Waals surface area (Å²) in [4.78, 5) is 4.66. The molecule has 0 saturated heterocycles. The zero-order valence-electron chi connectivity index (χ0n) is 10.7. The van der Waals surface area contributed by atoms with E-state index in [4.69, 9.17) is 5.73 Å². The fourth-order valence-electron chi connectivity index (χ4n) is 2.27. The van der Waals surface area contributed by atoms with Crippen LogP contribution in [0.1, 0.15) is 17.3 Å². The van der Waals surface area contributed by atoms with Crippen LogP contribution in [0.5, 0.6) is 0 Å². The number of nitrogens with two attached hydrogens (primary N) is 1. The monoisotopic (exact) mass is 248 g/mol. The van der Waals surface area contributed by atoms with Crippen molar-refractivity contribution in [2.24, 2.45) is 5.73 Å². The highest BCUT2D eigenvalue weighted by atomic mass is 14.7. The van der Waals surface area contributed by atoms with Crippen molar-refractivity contribution in [1.29, 1.82) is 0 Å². The van der Waals surface area contributed by atoms with Gasteiger partial charge in [0, 0.05) is 23.5 Å². The fourth-order valence-corrected chi connectivity index (χ4v) is 2.27. The molecule has 2 N–H and O–H groups in total. The van der Waals surface area contributed by atoms with Gasteiger partial charge in [0.05, 0.1) is 5.52 Å². The highest BCUT2D eigenvalue weighted by Crippen LogP contribution is 2.17. The Labute approximate surface area is 112 Å². The molecule has 94 valence electrons. The number of rotatable bonds is 3. The number of hydrogen-bond donors (Lipinski definition) is 1. The predicted octanol–water partition coefficient (Wildman–Crippen LogP) is 3.48. The van der Waals surface area contributed by atoms with E-state index >= 15 is 0 Å². The second-order valence-electron chi connectivity index (χ2n) is 4.72. The van der Waals surface area contributed by atoms with E-state index in [-0.39, 0.29) is 6.04 Å². The molecular formula is C17H16N2. The van der Waals surface area contributed by atoms with E-state index in [0.29, 0.717) is 0 Å². The summed E-state index contributed by atoms with van der Waals surface area (Å²) in [5.41, 5.74) is 9.45. The molecule has 2 nitrogen and oxygen atoms in total. The van der Waals surface area contributed by atoms with Crippen molar-refractivity contribution in [2.75, 3.05) is 0 Å². The number of pyridine rings is 1. The molecule has 0 bridgehead atoms. The smallest absolute Gasteiger partial charge is 0.0705 e. The minimum atomic E-state index is -0.00476. The van der Waals surface area contributed by atoms with Gasteiger partial charge in [-0.3, -0.25) is 4.98 Å². The summed E-state index contributed by atoms with van der Waals surface area (Å²) in [6, 6.07) is 22.5. The van der Waals surface area contributed by atoms with Crippen LogP contribution < -0.4 is 5.73 Å². The van der Waals surface area contributed by atoms with Crippen LogP contribution >= 0.6 is 0 Å². The molecule has 0 amide bonds. The highest BCUT2D eigenvalue weighted by Gasteiger charge is 2.07. The Kier molecular flexibility index (Phi) is 3.25. The van der Waals surface area contributed by atoms with Crippen LogP contribution in [-0.2, 0) is 6.42 Å². The summed E-state index contributed by atoms with van der Waals surface area (Å²) in [7, 11) is 0. The van der Waals surface area contributed by atoms with Gasteiger partial charge in [0.2, 0.25) is 0 Å². The molecule has 3 rings (SSSR count). The van der Waals surface area contributed by atoms with E-state index < -0.39 is 0 Å². The van der Waals surface area contributed by atoms with Crippen LogP contribution in [0.25, 0.3) is 10.9 Å². The highest BCUT2D eigenvalue weighted by molar-refractivity contribution is 5.78. The lowest BCUT2D eigenvalue weighted by Gasteiger charge is -2.11. The van der Waals surface area contributed by atoms with Gasteiger partial charge in [0.15, 0.2) is 0 Å². The quantitative estimate of drug-likeness (QED) is 0.770. The normalized spacial score (nSPS) is 12.5. The average Bonchev–Trinajstić information content (AvgIpc) is 2.48. The van der Waals surface area contributed by atoms with Crippen molar-refractivity contribution in [3.8, 4) is 0 Å². The summed E-state index contributed by atoms with van der Waals surface area (Å²) in [5.74, 6) is 0. The number of fused-ring (bicyclic) bond motifs is 1. The number of para-hydroxylation sites is 1. The second kappa shape index (κ2) is 5.21. The maximum atomic E-state index is 6.23. The molecule has 0 aliphatic heterocycles. The Morgan fingerprint density at radius 3 is 2.42 bits per heavy atom. The average molecular weight is 248 g/mol. The fraction of sp³-hybridized carbons (Fsp3) is 0.118. The van der Waals surface area contributed by atoms with Gasteiger partial charge < -0.3 is 5.73 Å². The molecule has 19 heavy (non-hydrogen) atoms. The third kappa shape index (κ3) is 2.64. The van der Waals surface area contributed by atoms with Crippen molar-refractivity contribution >= 4 is 10.9 Å². The number of hydrogen-bond acceptors (Lipinski definition) is 2. The summed E-state index contributed by atoms with van der Waals surface area (Å²) in [6.07, 6.45) is 0.759. The molecule has 0 saturated carbocycles. The van der Waals surface area contributed by atoms with E-state index in [2.05, 4.69) is 35.3 Å². The molecule has 3 aromatic rings. The Balaban J connectivity index is 1.85. The van der Waals surface area contributed by atoms with Gasteiger partial charge in [-0.05, 0) is 17.7 Å². The van der Waals surface area contributed by atoms with Gasteiger partial charge in [-0.15, -0.1) is 0 Å². The van der Waals surface area contributed by atoms with E-state index in [0.717, 1.165) is 23.2 Å². The molecule has 0 fully saturated rings. The topological polar surface area (TPSA) is 38.9 Å². The minimum Gasteiger partial charge on any atom is -0.324 e. The van der Waals surface area contributed by atoms with Crippen LogP contribution in [-0.4, -0.2) is 4.98 Å². The van der Waals surface area contributed by atoms with Gasteiger partial charge in [0.25, 0.3) is 0 Å². The van der Waals surface area contributed by atoms with E-state index in [1.165, 1.54) is 5.39 Å².